The van der Waals surface area contributed by atoms with E-state index in [0.717, 1.165) is 73.9 Å². The molecule has 2 aliphatic heterocycles. The number of allylic oxidation sites excluding steroid dienone is 1. The van der Waals surface area contributed by atoms with Crippen molar-refractivity contribution in [1.29, 1.82) is 0 Å². The van der Waals surface area contributed by atoms with Crippen LogP contribution in [0.15, 0.2) is 89.6 Å². The number of anilines is 1. The van der Waals surface area contributed by atoms with Crippen LogP contribution < -0.4 is 19.1 Å². The van der Waals surface area contributed by atoms with E-state index < -0.39 is 31.4 Å². The van der Waals surface area contributed by atoms with Gasteiger partial charge in [0.1, 0.15) is 22.9 Å². The number of nitrogens with zero attached hydrogens (tertiary/aromatic N) is 4. The molecular formula is C49H55ClN6O8S. The fourth-order valence-corrected chi connectivity index (χ4v) is 11.2. The number of benzene rings is 3. The highest BCUT2D eigenvalue weighted by Crippen LogP contribution is 2.45. The van der Waals surface area contributed by atoms with Gasteiger partial charge in [-0.1, -0.05) is 43.2 Å². The summed E-state index contributed by atoms with van der Waals surface area (Å²) in [7, 11) is -4.64. The second-order valence-corrected chi connectivity index (χ2v) is 21.4. The average molecular weight is 924 g/mol. The van der Waals surface area contributed by atoms with Gasteiger partial charge in [0.05, 0.1) is 39.4 Å². The number of H-pyrrole nitrogens is 1. The van der Waals surface area contributed by atoms with Crippen molar-refractivity contribution in [3.05, 3.63) is 117 Å². The summed E-state index contributed by atoms with van der Waals surface area (Å²) in [5.74, 6) is -0.206. The molecular weight excluding hydrogens is 868 g/mol. The first-order valence-electron chi connectivity index (χ1n) is 22.4. The predicted molar refractivity (Wildman–Crippen MR) is 250 cm³/mol. The van der Waals surface area contributed by atoms with Gasteiger partial charge < -0.3 is 24.5 Å². The number of piperazine rings is 1. The van der Waals surface area contributed by atoms with E-state index in [1.54, 1.807) is 30.5 Å². The molecule has 4 aliphatic rings. The van der Waals surface area contributed by atoms with Gasteiger partial charge in [-0.3, -0.25) is 19.8 Å². The molecule has 0 bridgehead atoms. The Hall–Kier alpha value is -5.48. The van der Waals surface area contributed by atoms with Crippen molar-refractivity contribution in [2.45, 2.75) is 82.6 Å². The van der Waals surface area contributed by atoms with Crippen LogP contribution in [-0.4, -0.2) is 84.2 Å². The largest absolute Gasteiger partial charge is 0.493 e. The lowest BCUT2D eigenvalue weighted by Crippen LogP contribution is -2.47. The van der Waals surface area contributed by atoms with E-state index in [1.807, 2.05) is 25.1 Å². The molecule has 2 fully saturated rings. The van der Waals surface area contributed by atoms with Crippen molar-refractivity contribution in [3.63, 3.8) is 0 Å². The minimum atomic E-state index is -4.64. The molecule has 1 amide bonds. The number of amides is 1. The van der Waals surface area contributed by atoms with E-state index >= 15 is 0 Å². The molecule has 1 atom stereocenters. The number of carbonyl (C=O) groups is 1. The normalized spacial score (nSPS) is 22.6. The van der Waals surface area contributed by atoms with Gasteiger partial charge in [-0.15, -0.1) is 0 Å². The van der Waals surface area contributed by atoms with Gasteiger partial charge in [-0.05, 0) is 117 Å². The van der Waals surface area contributed by atoms with Gasteiger partial charge in [-0.25, -0.2) is 18.1 Å². The maximum atomic E-state index is 14.1. The van der Waals surface area contributed by atoms with Crippen LogP contribution in [0.25, 0.3) is 16.6 Å². The Morgan fingerprint density at radius 1 is 1.02 bits per heavy atom. The zero-order chi connectivity index (χ0) is 45.7. The van der Waals surface area contributed by atoms with E-state index in [-0.39, 0.29) is 46.6 Å². The summed E-state index contributed by atoms with van der Waals surface area (Å²) in [6.07, 6.45) is 9.62. The molecule has 1 saturated heterocycles. The third kappa shape index (κ3) is 9.89. The van der Waals surface area contributed by atoms with E-state index in [1.165, 1.54) is 29.0 Å². The van der Waals surface area contributed by atoms with E-state index in [0.29, 0.717) is 49.3 Å². The summed E-state index contributed by atoms with van der Waals surface area (Å²) in [5, 5.41) is 24.4. The molecule has 5 aromatic rings. The molecule has 2 aliphatic carbocycles. The van der Waals surface area contributed by atoms with E-state index in [4.69, 9.17) is 21.1 Å². The highest BCUT2D eigenvalue weighted by molar-refractivity contribution is 7.90. The number of nitrogens with one attached hydrogen (secondary N) is 2. The number of ether oxygens (including phenoxy) is 2. The molecule has 14 nitrogen and oxygen atoms in total. The summed E-state index contributed by atoms with van der Waals surface area (Å²) < 4.78 is 42.4. The molecule has 3 aromatic carbocycles. The van der Waals surface area contributed by atoms with Gasteiger partial charge in [-0.2, -0.15) is 0 Å². The van der Waals surface area contributed by atoms with Gasteiger partial charge in [0, 0.05) is 79.1 Å². The van der Waals surface area contributed by atoms with Crippen LogP contribution in [0.5, 0.6) is 17.2 Å². The lowest BCUT2D eigenvalue weighted by Gasteiger charge is -2.39. The van der Waals surface area contributed by atoms with Crippen molar-refractivity contribution in [1.82, 2.24) is 19.6 Å². The van der Waals surface area contributed by atoms with Gasteiger partial charge in [0.25, 0.3) is 21.6 Å². The van der Waals surface area contributed by atoms with Crippen LogP contribution in [-0.2, 0) is 16.4 Å². The third-order valence-corrected chi connectivity index (χ3v) is 15.5. The number of nitro groups is 1. The Morgan fingerprint density at radius 2 is 1.77 bits per heavy atom. The fraction of sp³-hybridized carbons (Fsp3) is 0.429. The van der Waals surface area contributed by atoms with Crippen LogP contribution in [0.2, 0.25) is 5.02 Å². The van der Waals surface area contributed by atoms with Gasteiger partial charge in [0.2, 0.25) is 0 Å². The molecule has 1 saturated carbocycles. The lowest BCUT2D eigenvalue weighted by atomic mass is 9.72. The molecule has 3 N–H and O–H groups in total. The van der Waals surface area contributed by atoms with E-state index in [2.05, 4.69) is 50.5 Å². The minimum absolute atomic E-state index is 0.0149. The number of nitro benzene ring substituents is 1. The number of sulfonamides is 1. The molecule has 4 heterocycles. The van der Waals surface area contributed by atoms with Crippen molar-refractivity contribution in [2.24, 2.45) is 17.3 Å². The number of pyridine rings is 1. The first kappa shape index (κ1) is 44.7. The Labute approximate surface area is 384 Å². The van der Waals surface area contributed by atoms with Crippen molar-refractivity contribution in [2.75, 3.05) is 44.2 Å². The topological polar surface area (TPSA) is 180 Å². The standard InChI is InChI=1S/C49H55ClN6O8S/c1-48(2)14-10-34(42(27-48)32-4-6-36(50)7-5-32)29-54-18-20-55(21-19-54)37-8-9-40(45(24-37)64-38-22-33-13-17-51-46(33)52-28-38)47(57)53-65(61,62)39-25-43(56(59)60)41-23-35(30-63-44(41)26-39)31-11-15-49(3,58)16-12-31/h4-9,13,17,22,24-26,28,31,35,58H,10-12,14-16,18-21,23,27,29-30H2,1-3H3,(H,51,52)(H,53,57)/t31?,35-,49?/m1/s1. The maximum Gasteiger partial charge on any atom is 0.277 e. The first-order valence-corrected chi connectivity index (χ1v) is 24.3. The van der Waals surface area contributed by atoms with Crippen LogP contribution in [0.3, 0.4) is 0 Å². The highest BCUT2D eigenvalue weighted by atomic mass is 35.5. The number of carbonyl (C=O) groups excluding carboxylic acids is 1. The molecule has 65 heavy (non-hydrogen) atoms. The molecule has 342 valence electrons. The zero-order valence-electron chi connectivity index (χ0n) is 36.9. The van der Waals surface area contributed by atoms with Crippen molar-refractivity contribution < 1.29 is 32.7 Å². The monoisotopic (exact) mass is 922 g/mol. The number of rotatable bonds is 11. The molecule has 0 spiro atoms. The van der Waals surface area contributed by atoms with Crippen molar-refractivity contribution >= 4 is 55.5 Å². The van der Waals surface area contributed by atoms with Crippen LogP contribution in [0.4, 0.5) is 11.4 Å². The Morgan fingerprint density at radius 3 is 2.51 bits per heavy atom. The summed E-state index contributed by atoms with van der Waals surface area (Å²) in [6, 6.07) is 19.1. The summed E-state index contributed by atoms with van der Waals surface area (Å²) in [4.78, 5) is 37.6. The third-order valence-electron chi connectivity index (χ3n) is 13.9. The predicted octanol–water partition coefficient (Wildman–Crippen LogP) is 9.31. The van der Waals surface area contributed by atoms with Gasteiger partial charge in [0.15, 0.2) is 0 Å². The summed E-state index contributed by atoms with van der Waals surface area (Å²) >= 11 is 6.25. The first-order chi connectivity index (χ1) is 31.0. The van der Waals surface area contributed by atoms with Crippen LogP contribution >= 0.6 is 11.6 Å². The fourth-order valence-electron chi connectivity index (χ4n) is 10.0. The summed E-state index contributed by atoms with van der Waals surface area (Å²) in [5.41, 5.74) is 4.94. The molecule has 0 unspecified atom stereocenters. The molecule has 9 rings (SSSR count). The number of aromatic nitrogens is 2. The molecule has 2 aromatic heterocycles. The zero-order valence-corrected chi connectivity index (χ0v) is 38.5. The van der Waals surface area contributed by atoms with Gasteiger partial charge >= 0.3 is 0 Å². The van der Waals surface area contributed by atoms with E-state index in [9.17, 15) is 28.4 Å². The molecule has 0 radical (unpaired) electrons. The molecule has 16 heteroatoms. The number of fused-ring (bicyclic) bond motifs is 2. The van der Waals surface area contributed by atoms with Crippen LogP contribution in [0, 0.1) is 27.4 Å². The highest BCUT2D eigenvalue weighted by Gasteiger charge is 2.38. The number of aromatic amines is 1. The second kappa shape index (κ2) is 17.7. The Bertz CT molecular complexity index is 2770. The number of halogens is 1. The maximum absolute atomic E-state index is 14.1. The summed E-state index contributed by atoms with van der Waals surface area (Å²) in [6.45, 7) is 10.7. The van der Waals surface area contributed by atoms with Crippen LogP contribution in [0.1, 0.15) is 87.2 Å². The SMILES string of the molecule is CC1(C)CCC(CN2CCN(c3ccc(C(=O)NS(=O)(=O)c4cc5c(c([N+](=O)[O-])c4)C[C@@H](C4CCC(C)(O)CC4)CO5)c(Oc4cnc5[nH]ccc5c4)c3)CC2)=C(c2ccc(Cl)cc2)C1. The lowest BCUT2D eigenvalue weighted by molar-refractivity contribution is -0.386. The Balaban J connectivity index is 0.940. The number of hydrogen-bond acceptors (Lipinski definition) is 11. The quantitative estimate of drug-likeness (QED) is 0.0849. The minimum Gasteiger partial charge on any atom is -0.493 e. The Kier molecular flexibility index (Phi) is 12.2. The number of hydrogen-bond donors (Lipinski definition) is 3. The second-order valence-electron chi connectivity index (χ2n) is 19.3. The van der Waals surface area contributed by atoms with Crippen molar-refractivity contribution in [3.8, 4) is 17.2 Å². The smallest absolute Gasteiger partial charge is 0.277 e. The number of aliphatic hydroxyl groups is 1. The average Bonchev–Trinajstić information content (AvgIpc) is 3.75.